The van der Waals surface area contributed by atoms with Gasteiger partial charge in [0.25, 0.3) is 0 Å². The second-order valence-electron chi connectivity index (χ2n) is 6.59. The Morgan fingerprint density at radius 3 is 2.55 bits per heavy atom. The van der Waals surface area contributed by atoms with Crippen molar-refractivity contribution >= 4 is 33.3 Å². The lowest BCUT2D eigenvalue weighted by Gasteiger charge is -2.13. The number of anilines is 1. The zero-order valence-electron chi connectivity index (χ0n) is 16.1. The molecule has 1 heterocycles. The smallest absolute Gasteiger partial charge is 0.336 e. The number of carboxylic acids is 1. The van der Waals surface area contributed by atoms with Gasteiger partial charge in [-0.1, -0.05) is 18.2 Å². The Morgan fingerprint density at radius 1 is 1.00 bits per heavy atom. The molecule has 0 spiro atoms. The van der Waals surface area contributed by atoms with Gasteiger partial charge in [-0.05, 0) is 46.7 Å². The third-order valence-electron chi connectivity index (χ3n) is 4.93. The monoisotopic (exact) mass is 388 g/mol. The second kappa shape index (κ2) is 7.67. The first-order chi connectivity index (χ1) is 14.1. The number of hydrogen-bond donors (Lipinski definition) is 2. The van der Waals surface area contributed by atoms with E-state index in [-0.39, 0.29) is 0 Å². The number of aromatic nitrogens is 1. The van der Waals surface area contributed by atoms with Crippen molar-refractivity contribution in [3.63, 3.8) is 0 Å². The fraction of sp³-hybridized carbons (Fsp3) is 0.130. The van der Waals surface area contributed by atoms with Crippen LogP contribution >= 0.6 is 0 Å². The number of nitrogens with one attached hydrogen (secondary N) is 1. The topological polar surface area (TPSA) is 80.7 Å². The molecule has 0 aliphatic carbocycles. The van der Waals surface area contributed by atoms with E-state index in [4.69, 9.17) is 9.47 Å². The third-order valence-corrected chi connectivity index (χ3v) is 4.93. The zero-order chi connectivity index (χ0) is 20.4. The summed E-state index contributed by atoms with van der Waals surface area (Å²) in [5, 5.41) is 15.3. The Kier molecular flexibility index (Phi) is 4.91. The summed E-state index contributed by atoms with van der Waals surface area (Å²) < 4.78 is 10.8. The van der Waals surface area contributed by atoms with Gasteiger partial charge in [-0.2, -0.15) is 0 Å². The highest BCUT2D eigenvalue weighted by Crippen LogP contribution is 2.33. The highest BCUT2D eigenvalue weighted by molar-refractivity contribution is 6.04. The molecule has 2 N–H and O–H groups in total. The van der Waals surface area contributed by atoms with E-state index in [1.807, 2.05) is 42.5 Å². The van der Waals surface area contributed by atoms with Crippen molar-refractivity contribution < 1.29 is 19.4 Å². The number of nitrogens with zero attached hydrogens (tertiary/aromatic N) is 1. The Bertz CT molecular complexity index is 1220. The van der Waals surface area contributed by atoms with Gasteiger partial charge < -0.3 is 19.9 Å². The molecule has 6 heteroatoms. The van der Waals surface area contributed by atoms with Gasteiger partial charge in [-0.25, -0.2) is 4.79 Å². The van der Waals surface area contributed by atoms with Crippen LogP contribution in [0.1, 0.15) is 15.9 Å². The van der Waals surface area contributed by atoms with Crippen molar-refractivity contribution in [2.45, 2.75) is 6.54 Å². The quantitative estimate of drug-likeness (QED) is 0.498. The first-order valence-corrected chi connectivity index (χ1v) is 9.10. The van der Waals surface area contributed by atoms with Gasteiger partial charge >= 0.3 is 5.97 Å². The molecule has 4 rings (SSSR count). The number of fused-ring (bicyclic) bond motifs is 2. The van der Waals surface area contributed by atoms with E-state index in [0.29, 0.717) is 23.6 Å². The number of methoxy groups -OCH3 is 2. The van der Waals surface area contributed by atoms with Crippen LogP contribution in [0.5, 0.6) is 11.5 Å². The number of aromatic carboxylic acids is 1. The third kappa shape index (κ3) is 3.52. The van der Waals surface area contributed by atoms with E-state index in [1.165, 1.54) is 0 Å². The predicted octanol–water partition coefficient (Wildman–Crippen LogP) is 4.72. The Labute approximate surface area is 167 Å². The van der Waals surface area contributed by atoms with Crippen molar-refractivity contribution in [2.24, 2.45) is 0 Å². The van der Waals surface area contributed by atoms with E-state index in [0.717, 1.165) is 32.9 Å². The van der Waals surface area contributed by atoms with Crippen molar-refractivity contribution in [3.05, 3.63) is 71.9 Å². The molecule has 0 fully saturated rings. The van der Waals surface area contributed by atoms with Gasteiger partial charge in [-0.15, -0.1) is 0 Å². The van der Waals surface area contributed by atoms with Crippen LogP contribution in [-0.4, -0.2) is 30.3 Å². The maximum absolute atomic E-state index is 11.4. The maximum Gasteiger partial charge on any atom is 0.336 e. The molecule has 0 saturated carbocycles. The first-order valence-electron chi connectivity index (χ1n) is 9.10. The summed E-state index contributed by atoms with van der Waals surface area (Å²) in [5.74, 6) is 0.367. The molecule has 0 saturated heterocycles. The van der Waals surface area contributed by atoms with E-state index < -0.39 is 5.97 Å². The number of carbonyl (C=O) groups is 1. The highest BCUT2D eigenvalue weighted by atomic mass is 16.5. The molecule has 4 aromatic rings. The van der Waals surface area contributed by atoms with Crippen molar-refractivity contribution in [3.8, 4) is 11.5 Å². The van der Waals surface area contributed by atoms with Crippen LogP contribution in [0.25, 0.3) is 21.7 Å². The Hall–Kier alpha value is -3.80. The van der Waals surface area contributed by atoms with Gasteiger partial charge in [0.15, 0.2) is 11.5 Å². The van der Waals surface area contributed by atoms with E-state index in [9.17, 15) is 9.90 Å². The number of carboxylic acid groups (broad SMARTS) is 1. The molecule has 6 nitrogen and oxygen atoms in total. The fourth-order valence-electron chi connectivity index (χ4n) is 3.46. The minimum Gasteiger partial charge on any atom is -0.493 e. The van der Waals surface area contributed by atoms with E-state index >= 15 is 0 Å². The molecule has 0 radical (unpaired) electrons. The second-order valence-corrected chi connectivity index (χ2v) is 6.59. The number of hydrogen-bond acceptors (Lipinski definition) is 5. The van der Waals surface area contributed by atoms with Crippen molar-refractivity contribution in [1.82, 2.24) is 4.98 Å². The minimum absolute atomic E-state index is 0.301. The van der Waals surface area contributed by atoms with Crippen LogP contribution in [0, 0.1) is 0 Å². The molecule has 0 unspecified atom stereocenters. The molecule has 3 aromatic carbocycles. The number of rotatable bonds is 6. The molecule has 0 bridgehead atoms. The van der Waals surface area contributed by atoms with Gasteiger partial charge in [0.2, 0.25) is 0 Å². The average molecular weight is 388 g/mol. The lowest BCUT2D eigenvalue weighted by molar-refractivity contribution is 0.0699. The largest absolute Gasteiger partial charge is 0.493 e. The summed E-state index contributed by atoms with van der Waals surface area (Å²) in [6.07, 6.45) is 1.77. The van der Waals surface area contributed by atoms with Crippen LogP contribution in [0.4, 0.5) is 5.69 Å². The Balaban J connectivity index is 1.65. The van der Waals surface area contributed by atoms with E-state index in [1.54, 1.807) is 32.5 Å². The minimum atomic E-state index is -0.927. The normalized spacial score (nSPS) is 10.8. The van der Waals surface area contributed by atoms with Crippen molar-refractivity contribution in [1.29, 1.82) is 0 Å². The van der Waals surface area contributed by atoms with Crippen LogP contribution in [-0.2, 0) is 6.54 Å². The lowest BCUT2D eigenvalue weighted by Crippen LogP contribution is -2.02. The summed E-state index contributed by atoms with van der Waals surface area (Å²) in [6.45, 7) is 0.582. The van der Waals surface area contributed by atoms with Crippen molar-refractivity contribution in [2.75, 3.05) is 19.5 Å². The predicted molar refractivity (Wildman–Crippen MR) is 113 cm³/mol. The maximum atomic E-state index is 11.4. The lowest BCUT2D eigenvalue weighted by atomic mass is 10.0. The summed E-state index contributed by atoms with van der Waals surface area (Å²) in [5.41, 5.74) is 3.10. The summed E-state index contributed by atoms with van der Waals surface area (Å²) in [6, 6.07) is 16.7. The van der Waals surface area contributed by atoms with Gasteiger partial charge in [-0.3, -0.25) is 4.98 Å². The molecule has 29 heavy (non-hydrogen) atoms. The average Bonchev–Trinajstić information content (AvgIpc) is 2.75. The molecule has 0 aliphatic rings. The summed E-state index contributed by atoms with van der Waals surface area (Å²) in [4.78, 5) is 15.8. The Morgan fingerprint density at radius 2 is 1.79 bits per heavy atom. The molecule has 1 aromatic heterocycles. The molecule has 0 atom stereocenters. The van der Waals surface area contributed by atoms with Crippen LogP contribution in [0.15, 0.2) is 60.8 Å². The molecule has 0 amide bonds. The summed E-state index contributed by atoms with van der Waals surface area (Å²) >= 11 is 0. The highest BCUT2D eigenvalue weighted by Gasteiger charge is 2.11. The summed E-state index contributed by atoms with van der Waals surface area (Å²) in [7, 11) is 3.21. The standard InChI is InChI=1S/C23H20N2O4/c1-28-21-11-19-15(8-9-24-20(19)12-22(21)29-2)13-25-16-6-7-17-14(10-16)4-3-5-18(17)23(26)27/h3-12,25H,13H2,1-2H3,(H,26,27). The SMILES string of the molecule is COc1cc2nccc(CNc3ccc4c(C(=O)O)cccc4c3)c2cc1OC. The number of pyridine rings is 1. The zero-order valence-corrected chi connectivity index (χ0v) is 16.1. The number of ether oxygens (including phenoxy) is 2. The van der Waals surface area contributed by atoms with Gasteiger partial charge in [0.1, 0.15) is 0 Å². The van der Waals surface area contributed by atoms with E-state index in [2.05, 4.69) is 10.3 Å². The van der Waals surface area contributed by atoms with Crippen LogP contribution < -0.4 is 14.8 Å². The van der Waals surface area contributed by atoms with Gasteiger partial charge in [0.05, 0.1) is 25.3 Å². The fourth-order valence-corrected chi connectivity index (χ4v) is 3.46. The van der Waals surface area contributed by atoms with Gasteiger partial charge in [0, 0.05) is 29.9 Å². The van der Waals surface area contributed by atoms with Crippen LogP contribution in [0.2, 0.25) is 0 Å². The first kappa shape index (κ1) is 18.6. The number of benzene rings is 3. The molecular formula is C23H20N2O4. The molecule has 0 aliphatic heterocycles. The molecule has 146 valence electrons. The molecular weight excluding hydrogens is 368 g/mol. The van der Waals surface area contributed by atoms with Crippen LogP contribution in [0.3, 0.4) is 0 Å².